The number of unbranched alkanes of at least 4 members (excludes halogenated alkanes) is 1. The molecule has 5 nitrogen and oxygen atoms in total. The molecule has 0 saturated carbocycles. The van der Waals surface area contributed by atoms with Crippen LogP contribution in [0, 0.1) is 0 Å². The first kappa shape index (κ1) is 16.5. The highest BCUT2D eigenvalue weighted by atomic mass is 35.5. The van der Waals surface area contributed by atoms with E-state index in [1.807, 2.05) is 0 Å². The monoisotopic (exact) mass is 338 g/mol. The van der Waals surface area contributed by atoms with Crippen molar-refractivity contribution in [3.05, 3.63) is 46.1 Å². The lowest BCUT2D eigenvalue weighted by atomic mass is 10.3. The van der Waals surface area contributed by atoms with E-state index in [9.17, 15) is 4.79 Å². The lowest BCUT2D eigenvalue weighted by Crippen LogP contribution is -2.25. The van der Waals surface area contributed by atoms with Crippen molar-refractivity contribution in [1.82, 2.24) is 15.5 Å². The fourth-order valence-electron chi connectivity index (χ4n) is 1.72. The predicted octanol–water partition coefficient (Wildman–Crippen LogP) is 4.06. The number of nitrogens with zero attached hydrogens (tertiary/aromatic N) is 2. The molecule has 2 aromatic rings. The van der Waals surface area contributed by atoms with Crippen molar-refractivity contribution in [2.45, 2.75) is 19.8 Å². The summed E-state index contributed by atoms with van der Waals surface area (Å²) in [6.45, 7) is 2.70. The number of anilines is 2. The molecule has 7 heteroatoms. The lowest BCUT2D eigenvalue weighted by molar-refractivity contribution is 0.0947. The minimum Gasteiger partial charge on any atom is -0.351 e. The SMILES string of the molecule is CCCCNC(=O)c1ccc(Nc2ccc(Cl)cc2Cl)nn1. The predicted molar refractivity (Wildman–Crippen MR) is 89.0 cm³/mol. The molecular weight excluding hydrogens is 323 g/mol. The van der Waals surface area contributed by atoms with E-state index in [-0.39, 0.29) is 11.6 Å². The van der Waals surface area contributed by atoms with Gasteiger partial charge < -0.3 is 10.6 Å². The van der Waals surface area contributed by atoms with Crippen molar-refractivity contribution in [3.63, 3.8) is 0 Å². The fourth-order valence-corrected chi connectivity index (χ4v) is 2.17. The van der Waals surface area contributed by atoms with Gasteiger partial charge in [-0.15, -0.1) is 10.2 Å². The average Bonchev–Trinajstić information content (AvgIpc) is 2.51. The van der Waals surface area contributed by atoms with Crippen molar-refractivity contribution in [2.75, 3.05) is 11.9 Å². The van der Waals surface area contributed by atoms with Crippen LogP contribution in [-0.2, 0) is 0 Å². The largest absolute Gasteiger partial charge is 0.351 e. The second-order valence-corrected chi connectivity index (χ2v) is 5.51. The Morgan fingerprint density at radius 1 is 1.18 bits per heavy atom. The summed E-state index contributed by atoms with van der Waals surface area (Å²) >= 11 is 11.9. The van der Waals surface area contributed by atoms with Crippen LogP contribution in [0.15, 0.2) is 30.3 Å². The van der Waals surface area contributed by atoms with Crippen molar-refractivity contribution < 1.29 is 4.79 Å². The number of carbonyl (C=O) groups excluding carboxylic acids is 1. The number of benzene rings is 1. The van der Waals surface area contributed by atoms with Crippen molar-refractivity contribution in [3.8, 4) is 0 Å². The van der Waals surface area contributed by atoms with E-state index in [4.69, 9.17) is 23.2 Å². The summed E-state index contributed by atoms with van der Waals surface area (Å²) in [7, 11) is 0. The smallest absolute Gasteiger partial charge is 0.271 e. The highest BCUT2D eigenvalue weighted by molar-refractivity contribution is 6.36. The highest BCUT2D eigenvalue weighted by Gasteiger charge is 2.08. The van der Waals surface area contributed by atoms with Crippen LogP contribution >= 0.6 is 23.2 Å². The Balaban J connectivity index is 2.01. The van der Waals surface area contributed by atoms with Crippen LogP contribution in [0.3, 0.4) is 0 Å². The number of hydrogen-bond acceptors (Lipinski definition) is 4. The minimum atomic E-state index is -0.225. The summed E-state index contributed by atoms with van der Waals surface area (Å²) < 4.78 is 0. The molecule has 0 bridgehead atoms. The van der Waals surface area contributed by atoms with E-state index < -0.39 is 0 Å². The summed E-state index contributed by atoms with van der Waals surface area (Å²) in [5, 5.41) is 14.7. The third-order valence-electron chi connectivity index (χ3n) is 2.91. The average molecular weight is 339 g/mol. The topological polar surface area (TPSA) is 66.9 Å². The van der Waals surface area contributed by atoms with Crippen LogP contribution in [0.4, 0.5) is 11.5 Å². The first-order valence-corrected chi connectivity index (χ1v) is 7.69. The van der Waals surface area contributed by atoms with Gasteiger partial charge in [-0.1, -0.05) is 36.5 Å². The van der Waals surface area contributed by atoms with E-state index in [1.54, 1.807) is 30.3 Å². The lowest BCUT2D eigenvalue weighted by Gasteiger charge is -2.08. The molecule has 22 heavy (non-hydrogen) atoms. The molecule has 1 heterocycles. The Bertz CT molecular complexity index is 646. The molecule has 0 aliphatic carbocycles. The third-order valence-corrected chi connectivity index (χ3v) is 3.45. The number of aromatic nitrogens is 2. The molecule has 0 atom stereocenters. The maximum atomic E-state index is 11.8. The van der Waals surface area contributed by atoms with Crippen LogP contribution < -0.4 is 10.6 Å². The van der Waals surface area contributed by atoms with Gasteiger partial charge in [-0.2, -0.15) is 0 Å². The number of nitrogens with one attached hydrogen (secondary N) is 2. The van der Waals surface area contributed by atoms with Gasteiger partial charge in [-0.25, -0.2) is 0 Å². The van der Waals surface area contributed by atoms with Gasteiger partial charge in [0.1, 0.15) is 0 Å². The second kappa shape index (κ2) is 7.96. The standard InChI is InChI=1S/C15H16Cl2N4O/c1-2-3-8-18-15(22)13-6-7-14(21-20-13)19-12-5-4-10(16)9-11(12)17/h4-7,9H,2-3,8H2,1H3,(H,18,22)(H,19,21). The maximum absolute atomic E-state index is 11.8. The van der Waals surface area contributed by atoms with Gasteiger partial charge in [0.05, 0.1) is 10.7 Å². The first-order valence-electron chi connectivity index (χ1n) is 6.94. The number of hydrogen-bond donors (Lipinski definition) is 2. The molecule has 0 unspecified atom stereocenters. The van der Waals surface area contributed by atoms with Crippen molar-refractivity contribution in [1.29, 1.82) is 0 Å². The summed E-state index contributed by atoms with van der Waals surface area (Å²) in [5.74, 6) is 0.270. The van der Waals surface area contributed by atoms with Gasteiger partial charge in [-0.05, 0) is 36.8 Å². The van der Waals surface area contributed by atoms with E-state index in [2.05, 4.69) is 27.8 Å². The normalized spacial score (nSPS) is 10.3. The minimum absolute atomic E-state index is 0.225. The molecule has 0 saturated heterocycles. The summed E-state index contributed by atoms with van der Waals surface area (Å²) in [6, 6.07) is 8.39. The van der Waals surface area contributed by atoms with Crippen LogP contribution in [0.2, 0.25) is 10.0 Å². The molecule has 2 rings (SSSR count). The molecule has 0 spiro atoms. The molecule has 1 aromatic carbocycles. The first-order chi connectivity index (χ1) is 10.6. The molecule has 0 radical (unpaired) electrons. The number of halogens is 2. The van der Waals surface area contributed by atoms with Gasteiger partial charge >= 0.3 is 0 Å². The Hall–Kier alpha value is -1.85. The number of carbonyl (C=O) groups is 1. The molecule has 0 fully saturated rings. The second-order valence-electron chi connectivity index (χ2n) is 4.66. The van der Waals surface area contributed by atoms with Crippen molar-refractivity contribution in [2.24, 2.45) is 0 Å². The Morgan fingerprint density at radius 3 is 2.64 bits per heavy atom. The molecule has 2 N–H and O–H groups in total. The molecular formula is C15H16Cl2N4O. The quantitative estimate of drug-likeness (QED) is 0.779. The van der Waals surface area contributed by atoms with Crippen LogP contribution in [-0.4, -0.2) is 22.6 Å². The summed E-state index contributed by atoms with van der Waals surface area (Å²) in [6.07, 6.45) is 1.96. The molecule has 0 aliphatic rings. The molecule has 1 amide bonds. The van der Waals surface area contributed by atoms with Crippen LogP contribution in [0.1, 0.15) is 30.3 Å². The van der Waals surface area contributed by atoms with Gasteiger partial charge in [-0.3, -0.25) is 4.79 Å². The Kier molecular flexibility index (Phi) is 5.98. The van der Waals surface area contributed by atoms with Crippen LogP contribution in [0.5, 0.6) is 0 Å². The maximum Gasteiger partial charge on any atom is 0.271 e. The fraction of sp³-hybridized carbons (Fsp3) is 0.267. The van der Waals surface area contributed by atoms with Gasteiger partial charge in [0.15, 0.2) is 11.5 Å². The van der Waals surface area contributed by atoms with E-state index in [0.717, 1.165) is 12.8 Å². The van der Waals surface area contributed by atoms with Gasteiger partial charge in [0.2, 0.25) is 0 Å². The third kappa shape index (κ3) is 4.58. The van der Waals surface area contributed by atoms with E-state index in [0.29, 0.717) is 28.1 Å². The van der Waals surface area contributed by atoms with E-state index in [1.165, 1.54) is 0 Å². The molecule has 116 valence electrons. The van der Waals surface area contributed by atoms with Gasteiger partial charge in [0, 0.05) is 11.6 Å². The van der Waals surface area contributed by atoms with Gasteiger partial charge in [0.25, 0.3) is 5.91 Å². The summed E-state index contributed by atoms with van der Waals surface area (Å²) in [4.78, 5) is 11.8. The summed E-state index contributed by atoms with van der Waals surface area (Å²) in [5.41, 5.74) is 0.948. The zero-order chi connectivity index (χ0) is 15.9. The number of amides is 1. The highest BCUT2D eigenvalue weighted by Crippen LogP contribution is 2.27. The van der Waals surface area contributed by atoms with Crippen LogP contribution in [0.25, 0.3) is 0 Å². The molecule has 0 aliphatic heterocycles. The van der Waals surface area contributed by atoms with E-state index >= 15 is 0 Å². The molecule has 1 aromatic heterocycles. The Morgan fingerprint density at radius 2 is 2.00 bits per heavy atom. The van der Waals surface area contributed by atoms with Crippen molar-refractivity contribution >= 4 is 40.6 Å². The zero-order valence-corrected chi connectivity index (χ0v) is 13.6. The number of rotatable bonds is 6. The zero-order valence-electron chi connectivity index (χ0n) is 12.1. The Labute approximate surface area is 139 Å².